The SMILES string of the molecule is CCC(NC(=O)CCc1cscn1)(C(=O)O)c1ccc(Cl)cc1. The smallest absolute Gasteiger partial charge is 0.334 e. The first kappa shape index (κ1) is 17.4. The molecule has 23 heavy (non-hydrogen) atoms. The van der Waals surface area contributed by atoms with E-state index in [1.165, 1.54) is 11.3 Å². The van der Waals surface area contributed by atoms with Crippen molar-refractivity contribution in [1.82, 2.24) is 10.3 Å². The average Bonchev–Trinajstić information content (AvgIpc) is 3.05. The zero-order chi connectivity index (χ0) is 16.9. The number of hydrogen-bond acceptors (Lipinski definition) is 4. The molecule has 1 aromatic carbocycles. The van der Waals surface area contributed by atoms with Crippen LogP contribution in [0, 0.1) is 0 Å². The molecule has 7 heteroatoms. The van der Waals surface area contributed by atoms with Crippen LogP contribution in [0.1, 0.15) is 31.0 Å². The summed E-state index contributed by atoms with van der Waals surface area (Å²) in [5.74, 6) is -1.42. The molecule has 0 saturated carbocycles. The highest BCUT2D eigenvalue weighted by molar-refractivity contribution is 7.07. The van der Waals surface area contributed by atoms with Crippen molar-refractivity contribution in [1.29, 1.82) is 0 Å². The number of thiazole rings is 1. The highest BCUT2D eigenvalue weighted by Gasteiger charge is 2.40. The Kier molecular flexibility index (Phi) is 5.74. The quantitative estimate of drug-likeness (QED) is 0.801. The van der Waals surface area contributed by atoms with E-state index in [2.05, 4.69) is 10.3 Å². The van der Waals surface area contributed by atoms with Gasteiger partial charge in [0.2, 0.25) is 5.91 Å². The second-order valence-corrected chi connectivity index (χ2v) is 6.25. The molecule has 1 atom stereocenters. The molecule has 2 aromatic rings. The minimum atomic E-state index is -1.45. The number of aromatic nitrogens is 1. The van der Waals surface area contributed by atoms with Crippen LogP contribution in [0.3, 0.4) is 0 Å². The van der Waals surface area contributed by atoms with Crippen LogP contribution >= 0.6 is 22.9 Å². The van der Waals surface area contributed by atoms with Gasteiger partial charge in [-0.1, -0.05) is 30.7 Å². The molecule has 2 rings (SSSR count). The lowest BCUT2D eigenvalue weighted by Gasteiger charge is -2.30. The summed E-state index contributed by atoms with van der Waals surface area (Å²) < 4.78 is 0. The number of carboxylic acid groups (broad SMARTS) is 1. The maximum Gasteiger partial charge on any atom is 0.334 e. The summed E-state index contributed by atoms with van der Waals surface area (Å²) in [4.78, 5) is 28.2. The van der Waals surface area contributed by atoms with Crippen molar-refractivity contribution in [2.45, 2.75) is 31.7 Å². The predicted octanol–water partition coefficient (Wildman–Crippen LogP) is 3.24. The summed E-state index contributed by atoms with van der Waals surface area (Å²) in [5, 5.41) is 14.7. The highest BCUT2D eigenvalue weighted by Crippen LogP contribution is 2.27. The van der Waals surface area contributed by atoms with Crippen LogP contribution in [-0.2, 0) is 21.5 Å². The summed E-state index contributed by atoms with van der Waals surface area (Å²) in [6, 6.07) is 6.48. The summed E-state index contributed by atoms with van der Waals surface area (Å²) in [5.41, 5.74) is 1.58. The average molecular weight is 353 g/mol. The molecule has 0 radical (unpaired) electrons. The maximum atomic E-state index is 12.2. The van der Waals surface area contributed by atoms with Crippen molar-refractivity contribution in [2.75, 3.05) is 0 Å². The Labute approximate surface area is 143 Å². The molecule has 0 spiro atoms. The Morgan fingerprint density at radius 2 is 2.04 bits per heavy atom. The number of carboxylic acids is 1. The maximum absolute atomic E-state index is 12.2. The molecule has 1 heterocycles. The van der Waals surface area contributed by atoms with Gasteiger partial charge in [0.1, 0.15) is 0 Å². The van der Waals surface area contributed by atoms with E-state index < -0.39 is 11.5 Å². The molecule has 1 aromatic heterocycles. The van der Waals surface area contributed by atoms with Gasteiger partial charge in [0.25, 0.3) is 0 Å². The lowest BCUT2D eigenvalue weighted by Crippen LogP contribution is -2.51. The molecule has 0 aliphatic carbocycles. The van der Waals surface area contributed by atoms with Crippen LogP contribution in [0.15, 0.2) is 35.2 Å². The van der Waals surface area contributed by atoms with Gasteiger partial charge >= 0.3 is 5.97 Å². The summed E-state index contributed by atoms with van der Waals surface area (Å²) in [6.45, 7) is 1.73. The summed E-state index contributed by atoms with van der Waals surface area (Å²) in [7, 11) is 0. The lowest BCUT2D eigenvalue weighted by atomic mass is 9.87. The van der Waals surface area contributed by atoms with E-state index in [9.17, 15) is 14.7 Å². The van der Waals surface area contributed by atoms with E-state index in [1.54, 1.807) is 36.7 Å². The fourth-order valence-electron chi connectivity index (χ4n) is 2.33. The van der Waals surface area contributed by atoms with E-state index in [4.69, 9.17) is 11.6 Å². The van der Waals surface area contributed by atoms with Gasteiger partial charge in [-0.15, -0.1) is 11.3 Å². The Hall–Kier alpha value is -1.92. The fraction of sp³-hybridized carbons (Fsp3) is 0.312. The van der Waals surface area contributed by atoms with E-state index in [1.807, 2.05) is 5.38 Å². The minimum Gasteiger partial charge on any atom is -0.479 e. The normalized spacial score (nSPS) is 13.3. The number of aliphatic carboxylic acids is 1. The zero-order valence-electron chi connectivity index (χ0n) is 12.6. The first-order valence-corrected chi connectivity index (χ1v) is 8.47. The van der Waals surface area contributed by atoms with Crippen molar-refractivity contribution in [2.24, 2.45) is 0 Å². The van der Waals surface area contributed by atoms with Gasteiger partial charge < -0.3 is 10.4 Å². The topological polar surface area (TPSA) is 79.3 Å². The molecule has 122 valence electrons. The molecule has 0 aliphatic heterocycles. The minimum absolute atomic E-state index is 0.187. The number of halogens is 1. The monoisotopic (exact) mass is 352 g/mol. The van der Waals surface area contributed by atoms with Crippen LogP contribution in [0.5, 0.6) is 0 Å². The number of hydrogen-bond donors (Lipinski definition) is 2. The van der Waals surface area contributed by atoms with Crippen LogP contribution < -0.4 is 5.32 Å². The predicted molar refractivity (Wildman–Crippen MR) is 89.6 cm³/mol. The van der Waals surface area contributed by atoms with Gasteiger partial charge in [0.15, 0.2) is 5.54 Å². The molecular weight excluding hydrogens is 336 g/mol. The van der Waals surface area contributed by atoms with Crippen LogP contribution in [0.2, 0.25) is 5.02 Å². The van der Waals surface area contributed by atoms with Crippen LogP contribution in [-0.4, -0.2) is 22.0 Å². The van der Waals surface area contributed by atoms with Crippen LogP contribution in [0.25, 0.3) is 0 Å². The Morgan fingerprint density at radius 1 is 1.35 bits per heavy atom. The van der Waals surface area contributed by atoms with Gasteiger partial charge in [-0.3, -0.25) is 4.79 Å². The number of amides is 1. The Bertz CT molecular complexity index is 673. The third-order valence-electron chi connectivity index (χ3n) is 3.68. The van der Waals surface area contributed by atoms with Gasteiger partial charge in [0, 0.05) is 16.8 Å². The highest BCUT2D eigenvalue weighted by atomic mass is 35.5. The number of carbonyl (C=O) groups excluding carboxylic acids is 1. The van der Waals surface area contributed by atoms with Gasteiger partial charge in [0.05, 0.1) is 11.2 Å². The molecule has 1 amide bonds. The molecular formula is C16H17ClN2O3S. The molecule has 5 nitrogen and oxygen atoms in total. The van der Waals surface area contributed by atoms with Gasteiger partial charge in [-0.2, -0.15) is 0 Å². The number of carbonyl (C=O) groups is 2. The third kappa shape index (κ3) is 4.09. The fourth-order valence-corrected chi connectivity index (χ4v) is 3.05. The Morgan fingerprint density at radius 3 is 2.57 bits per heavy atom. The molecule has 2 N–H and O–H groups in total. The first-order chi connectivity index (χ1) is 11.0. The standard InChI is InChI=1S/C16H17ClN2O3S/c1-2-16(15(21)22,11-3-5-12(17)6-4-11)19-14(20)8-7-13-9-23-10-18-13/h3-6,9-10H,2,7-8H2,1H3,(H,19,20)(H,21,22). The van der Waals surface area contributed by atoms with Gasteiger partial charge in [-0.25, -0.2) is 9.78 Å². The number of nitrogens with one attached hydrogen (secondary N) is 1. The Balaban J connectivity index is 2.16. The van der Waals surface area contributed by atoms with E-state index in [0.29, 0.717) is 17.0 Å². The number of aryl methyl sites for hydroxylation is 1. The van der Waals surface area contributed by atoms with Crippen molar-refractivity contribution in [3.63, 3.8) is 0 Å². The molecule has 1 unspecified atom stereocenters. The molecule has 0 saturated heterocycles. The van der Waals surface area contributed by atoms with E-state index >= 15 is 0 Å². The van der Waals surface area contributed by atoms with Crippen molar-refractivity contribution < 1.29 is 14.7 Å². The van der Waals surface area contributed by atoms with Crippen molar-refractivity contribution in [3.05, 3.63) is 51.4 Å². The number of benzene rings is 1. The second-order valence-electron chi connectivity index (χ2n) is 5.10. The zero-order valence-corrected chi connectivity index (χ0v) is 14.2. The second kappa shape index (κ2) is 7.57. The molecule has 0 bridgehead atoms. The largest absolute Gasteiger partial charge is 0.479 e. The van der Waals surface area contributed by atoms with Crippen molar-refractivity contribution >= 4 is 34.8 Å². The number of nitrogens with zero attached hydrogens (tertiary/aromatic N) is 1. The lowest BCUT2D eigenvalue weighted by molar-refractivity contribution is -0.148. The van der Waals surface area contributed by atoms with Crippen LogP contribution in [0.4, 0.5) is 0 Å². The molecule has 0 aliphatic rings. The first-order valence-electron chi connectivity index (χ1n) is 7.15. The van der Waals surface area contributed by atoms with E-state index in [0.717, 1.165) is 5.69 Å². The summed E-state index contributed by atoms with van der Waals surface area (Å²) in [6.07, 6.45) is 0.897. The summed E-state index contributed by atoms with van der Waals surface area (Å²) >= 11 is 7.32. The van der Waals surface area contributed by atoms with E-state index in [-0.39, 0.29) is 18.7 Å². The number of rotatable bonds is 7. The van der Waals surface area contributed by atoms with Crippen molar-refractivity contribution in [3.8, 4) is 0 Å². The third-order valence-corrected chi connectivity index (χ3v) is 4.56. The van der Waals surface area contributed by atoms with Gasteiger partial charge in [-0.05, 0) is 30.5 Å². The molecule has 0 fully saturated rings.